The van der Waals surface area contributed by atoms with Gasteiger partial charge in [0.1, 0.15) is 0 Å². The highest BCUT2D eigenvalue weighted by molar-refractivity contribution is 6.74. The van der Waals surface area contributed by atoms with Crippen molar-refractivity contribution in [2.75, 3.05) is 13.2 Å². The third-order valence-electron chi connectivity index (χ3n) is 6.86. The Morgan fingerprint density at radius 3 is 2.24 bits per heavy atom. The Kier molecular flexibility index (Phi) is 9.41. The zero-order chi connectivity index (χ0) is 21.3. The zero-order valence-corrected chi connectivity index (χ0v) is 20.5. The van der Waals surface area contributed by atoms with E-state index in [2.05, 4.69) is 38.8 Å². The Balaban J connectivity index is 1.77. The molecule has 1 aromatic rings. The van der Waals surface area contributed by atoms with Gasteiger partial charge >= 0.3 is 0 Å². The molecule has 29 heavy (non-hydrogen) atoms. The maximum atomic E-state index is 13.1. The van der Waals surface area contributed by atoms with E-state index in [0.717, 1.165) is 31.6 Å². The molecule has 0 N–H and O–H groups in total. The van der Waals surface area contributed by atoms with Crippen molar-refractivity contribution in [3.05, 3.63) is 35.9 Å². The van der Waals surface area contributed by atoms with Crippen LogP contribution in [0.5, 0.6) is 0 Å². The van der Waals surface area contributed by atoms with Gasteiger partial charge in [0.2, 0.25) is 0 Å². The number of rotatable bonds is 10. The molecular formula is C25H43NO2Si. The Morgan fingerprint density at radius 1 is 1.00 bits per heavy atom. The molecule has 1 amide bonds. The molecule has 0 aromatic heterocycles. The molecule has 0 radical (unpaired) electrons. The summed E-state index contributed by atoms with van der Waals surface area (Å²) in [5.41, 5.74) is 0.834. The molecule has 4 heteroatoms. The molecule has 0 aliphatic heterocycles. The standard InChI is InChI=1S/C25H43NO2Si/c1-25(2,3)29(4,5)28-21-15-7-6-14-20-26(23-18-12-9-13-19-23)24(27)22-16-10-8-11-17-22/h8,10-11,16-17,23H,6-7,9,12-15,18-21H2,1-5H3. The molecule has 1 aromatic carbocycles. The van der Waals surface area contributed by atoms with Crippen LogP contribution in [0.1, 0.15) is 88.9 Å². The monoisotopic (exact) mass is 417 g/mol. The van der Waals surface area contributed by atoms with Crippen LogP contribution in [0.4, 0.5) is 0 Å². The summed E-state index contributed by atoms with van der Waals surface area (Å²) in [6, 6.07) is 10.3. The van der Waals surface area contributed by atoms with Crippen molar-refractivity contribution in [2.45, 2.75) is 103 Å². The summed E-state index contributed by atoms with van der Waals surface area (Å²) in [4.78, 5) is 15.3. The smallest absolute Gasteiger partial charge is 0.254 e. The van der Waals surface area contributed by atoms with Crippen LogP contribution in [0, 0.1) is 0 Å². The summed E-state index contributed by atoms with van der Waals surface area (Å²) in [7, 11) is -1.62. The predicted molar refractivity (Wildman–Crippen MR) is 126 cm³/mol. The van der Waals surface area contributed by atoms with Gasteiger partial charge in [0.25, 0.3) is 5.91 Å². The van der Waals surface area contributed by atoms with Crippen LogP contribution in [0.15, 0.2) is 30.3 Å². The molecule has 2 rings (SSSR count). The van der Waals surface area contributed by atoms with E-state index in [1.165, 1.54) is 44.9 Å². The quantitative estimate of drug-likeness (QED) is 0.302. The molecule has 164 valence electrons. The van der Waals surface area contributed by atoms with Gasteiger partial charge < -0.3 is 9.33 Å². The summed E-state index contributed by atoms with van der Waals surface area (Å²) in [6.45, 7) is 13.3. The molecule has 0 heterocycles. The summed E-state index contributed by atoms with van der Waals surface area (Å²) >= 11 is 0. The first-order chi connectivity index (χ1) is 13.7. The van der Waals surface area contributed by atoms with E-state index in [-0.39, 0.29) is 10.9 Å². The molecule has 0 bridgehead atoms. The minimum atomic E-state index is -1.62. The summed E-state index contributed by atoms with van der Waals surface area (Å²) in [5, 5.41) is 0.283. The third-order valence-corrected chi connectivity index (χ3v) is 11.4. The van der Waals surface area contributed by atoms with Gasteiger partial charge in [0.05, 0.1) is 0 Å². The molecule has 0 atom stereocenters. The first-order valence-electron chi connectivity index (χ1n) is 11.7. The zero-order valence-electron chi connectivity index (χ0n) is 19.5. The molecule has 3 nitrogen and oxygen atoms in total. The normalized spacial score (nSPS) is 16.0. The lowest BCUT2D eigenvalue weighted by Crippen LogP contribution is -2.42. The number of nitrogens with zero attached hydrogens (tertiary/aromatic N) is 1. The maximum Gasteiger partial charge on any atom is 0.254 e. The second-order valence-corrected chi connectivity index (χ2v) is 15.0. The van der Waals surface area contributed by atoms with Gasteiger partial charge in [0.15, 0.2) is 8.32 Å². The average Bonchev–Trinajstić information content (AvgIpc) is 2.70. The van der Waals surface area contributed by atoms with E-state index in [1.54, 1.807) is 0 Å². The van der Waals surface area contributed by atoms with Gasteiger partial charge in [-0.1, -0.05) is 71.1 Å². The van der Waals surface area contributed by atoms with Gasteiger partial charge in [-0.2, -0.15) is 0 Å². The molecule has 0 spiro atoms. The minimum absolute atomic E-state index is 0.221. The van der Waals surface area contributed by atoms with E-state index < -0.39 is 8.32 Å². The molecule has 1 saturated carbocycles. The van der Waals surface area contributed by atoms with Gasteiger partial charge in [-0.3, -0.25) is 4.79 Å². The summed E-state index contributed by atoms with van der Waals surface area (Å²) in [5.74, 6) is 0.221. The van der Waals surface area contributed by atoms with Crippen LogP contribution in [0.3, 0.4) is 0 Å². The van der Waals surface area contributed by atoms with Gasteiger partial charge in [-0.05, 0) is 55.9 Å². The number of amides is 1. The lowest BCUT2D eigenvalue weighted by molar-refractivity contribution is 0.0629. The van der Waals surface area contributed by atoms with Gasteiger partial charge in [-0.25, -0.2) is 0 Å². The molecule has 0 unspecified atom stereocenters. The first-order valence-corrected chi connectivity index (χ1v) is 14.6. The average molecular weight is 418 g/mol. The number of carbonyl (C=O) groups excluding carboxylic acids is 1. The molecular weight excluding hydrogens is 374 g/mol. The second-order valence-electron chi connectivity index (χ2n) is 10.2. The molecule has 1 aliphatic rings. The van der Waals surface area contributed by atoms with E-state index in [4.69, 9.17) is 4.43 Å². The van der Waals surface area contributed by atoms with Crippen LogP contribution < -0.4 is 0 Å². The van der Waals surface area contributed by atoms with Crippen LogP contribution in [-0.2, 0) is 4.43 Å². The van der Waals surface area contributed by atoms with E-state index >= 15 is 0 Å². The lowest BCUT2D eigenvalue weighted by atomic mass is 9.93. The van der Waals surface area contributed by atoms with Crippen LogP contribution in [0.2, 0.25) is 18.1 Å². The fourth-order valence-corrected chi connectivity index (χ4v) is 4.96. The van der Waals surface area contributed by atoms with Crippen molar-refractivity contribution in [3.8, 4) is 0 Å². The van der Waals surface area contributed by atoms with Crippen molar-refractivity contribution in [1.82, 2.24) is 4.90 Å². The number of benzene rings is 1. The molecule has 0 saturated heterocycles. The SMILES string of the molecule is CC(C)(C)[Si](C)(C)OCCCCCCN(C(=O)c1ccccc1)C1CCCCC1. The van der Waals surface area contributed by atoms with E-state index in [0.29, 0.717) is 6.04 Å². The van der Waals surface area contributed by atoms with Crippen molar-refractivity contribution in [1.29, 1.82) is 0 Å². The van der Waals surface area contributed by atoms with Crippen LogP contribution in [0.25, 0.3) is 0 Å². The van der Waals surface area contributed by atoms with Crippen molar-refractivity contribution in [2.24, 2.45) is 0 Å². The highest BCUT2D eigenvalue weighted by Gasteiger charge is 2.36. The highest BCUT2D eigenvalue weighted by Crippen LogP contribution is 2.36. The predicted octanol–water partition coefficient (Wildman–Crippen LogP) is 7.04. The van der Waals surface area contributed by atoms with E-state index in [9.17, 15) is 4.79 Å². The number of carbonyl (C=O) groups is 1. The van der Waals surface area contributed by atoms with Crippen molar-refractivity contribution < 1.29 is 9.22 Å². The number of hydrogen-bond donors (Lipinski definition) is 0. The Labute approximate surface area is 180 Å². The van der Waals surface area contributed by atoms with Crippen molar-refractivity contribution >= 4 is 14.2 Å². The number of hydrogen-bond acceptors (Lipinski definition) is 2. The van der Waals surface area contributed by atoms with Crippen LogP contribution >= 0.6 is 0 Å². The van der Waals surface area contributed by atoms with Gasteiger partial charge in [0, 0.05) is 24.8 Å². The van der Waals surface area contributed by atoms with Crippen LogP contribution in [-0.4, -0.2) is 38.3 Å². The van der Waals surface area contributed by atoms with Crippen molar-refractivity contribution in [3.63, 3.8) is 0 Å². The Hall–Kier alpha value is -1.13. The first kappa shape index (κ1) is 24.1. The van der Waals surface area contributed by atoms with Gasteiger partial charge in [-0.15, -0.1) is 0 Å². The maximum absolute atomic E-state index is 13.1. The lowest BCUT2D eigenvalue weighted by Gasteiger charge is -2.36. The minimum Gasteiger partial charge on any atom is -0.417 e. The Morgan fingerprint density at radius 2 is 1.62 bits per heavy atom. The topological polar surface area (TPSA) is 29.5 Å². The summed E-state index contributed by atoms with van der Waals surface area (Å²) < 4.78 is 6.29. The van der Waals surface area contributed by atoms with E-state index in [1.807, 2.05) is 30.3 Å². The second kappa shape index (κ2) is 11.3. The molecule has 1 aliphatic carbocycles. The fourth-order valence-electron chi connectivity index (χ4n) is 3.87. The Bertz CT molecular complexity index is 603. The summed E-state index contributed by atoms with van der Waals surface area (Å²) in [6.07, 6.45) is 10.7. The largest absolute Gasteiger partial charge is 0.417 e. The molecule has 1 fully saturated rings. The number of unbranched alkanes of at least 4 members (excludes halogenated alkanes) is 3. The fraction of sp³-hybridized carbons (Fsp3) is 0.720. The highest BCUT2D eigenvalue weighted by atomic mass is 28.4. The third kappa shape index (κ3) is 7.56.